The molecule has 0 unspecified atom stereocenters. The van der Waals surface area contributed by atoms with Gasteiger partial charge in [0.1, 0.15) is 73.8 Å². The quantitative estimate of drug-likeness (QED) is 0.0557. The third-order valence-electron chi connectivity index (χ3n) is 8.96. The molecule has 16 nitrogen and oxygen atoms in total. The van der Waals surface area contributed by atoms with Crippen molar-refractivity contribution in [3.05, 3.63) is 87.6 Å². The van der Waals surface area contributed by atoms with E-state index >= 15 is 0 Å². The number of fused-ring (bicyclic) bond motifs is 2. The molecule has 298 valence electrons. The first-order valence-electron chi connectivity index (χ1n) is 17.6. The normalized spacial score (nSPS) is 11.0. The average molecular weight is 785 g/mol. The standard InChI is InChI=1S/C41H40N2O14/c1-22-12-27-33(16-31(22)45)57-34-17-32(46)23(2)13-28(34)41(27)26-7-9-30(43(20-39(51)52)21-40(53)54)36(15-26)56-11-10-55-35-14-25(5-4-24(3)44)6-8-29(35)42(18-37(47)48)19-38(49)50/h6-9,12-17,45H,4-5,10-11,18-21H2,1-3H3,(H,47,48)(H,49,50)(H,51,52)(H,53,54). The second kappa shape index (κ2) is 17.6. The summed E-state index contributed by atoms with van der Waals surface area (Å²) in [5.74, 6) is -4.87. The van der Waals surface area contributed by atoms with Gasteiger partial charge in [-0.05, 0) is 85.8 Å². The number of hydrogen-bond acceptors (Lipinski definition) is 12. The van der Waals surface area contributed by atoms with Crippen LogP contribution in [0.3, 0.4) is 0 Å². The SMILES string of the molecule is CC(=O)CCc1ccc(N(CC(=O)O)CC(=O)O)c(OCCOc2cc(-c3c4cc(C)c(=O)cc-4oc4cc(O)c(C)cc34)ccc2N(CC(=O)O)CC(=O)O)c1. The third-order valence-corrected chi connectivity index (χ3v) is 8.96. The summed E-state index contributed by atoms with van der Waals surface area (Å²) in [6.45, 7) is 1.65. The lowest BCUT2D eigenvalue weighted by Crippen LogP contribution is -2.35. The van der Waals surface area contributed by atoms with Crippen molar-refractivity contribution in [1.82, 2.24) is 0 Å². The van der Waals surface area contributed by atoms with Gasteiger partial charge in [-0.2, -0.15) is 0 Å². The molecular formula is C41H40N2O14. The molecule has 5 N–H and O–H groups in total. The van der Waals surface area contributed by atoms with Crippen LogP contribution in [0.2, 0.25) is 0 Å². The summed E-state index contributed by atoms with van der Waals surface area (Å²) >= 11 is 0. The summed E-state index contributed by atoms with van der Waals surface area (Å²) in [6.07, 6.45) is 0.557. The van der Waals surface area contributed by atoms with Crippen LogP contribution in [0.25, 0.3) is 33.4 Å². The predicted octanol–water partition coefficient (Wildman–Crippen LogP) is 4.82. The number of aryl methyl sites for hydroxylation is 3. The summed E-state index contributed by atoms with van der Waals surface area (Å²) < 4.78 is 18.3. The van der Waals surface area contributed by atoms with Gasteiger partial charge in [0.15, 0.2) is 5.43 Å². The number of phenolic OH excluding ortho intramolecular Hbond substituents is 1. The van der Waals surface area contributed by atoms with Gasteiger partial charge in [-0.3, -0.25) is 24.0 Å². The van der Waals surface area contributed by atoms with E-state index in [0.29, 0.717) is 45.2 Å². The summed E-state index contributed by atoms with van der Waals surface area (Å²) in [5.41, 5.74) is 3.54. The Hall–Kier alpha value is -7.10. The lowest BCUT2D eigenvalue weighted by atomic mass is 9.91. The van der Waals surface area contributed by atoms with Gasteiger partial charge in [-0.15, -0.1) is 0 Å². The maximum atomic E-state index is 12.7. The van der Waals surface area contributed by atoms with E-state index in [4.69, 9.17) is 13.9 Å². The fourth-order valence-corrected chi connectivity index (χ4v) is 6.35. The van der Waals surface area contributed by atoms with E-state index < -0.39 is 50.1 Å². The monoisotopic (exact) mass is 784 g/mol. The van der Waals surface area contributed by atoms with Crippen molar-refractivity contribution in [3.8, 4) is 39.7 Å². The minimum absolute atomic E-state index is 0.0371. The fourth-order valence-electron chi connectivity index (χ4n) is 6.35. The number of aromatic hydroxyl groups is 1. The first-order valence-corrected chi connectivity index (χ1v) is 17.6. The molecule has 0 atom stereocenters. The molecule has 1 heterocycles. The average Bonchev–Trinajstić information content (AvgIpc) is 3.11. The van der Waals surface area contributed by atoms with Crippen molar-refractivity contribution in [2.24, 2.45) is 0 Å². The number of hydrogen-bond donors (Lipinski definition) is 5. The molecule has 0 bridgehead atoms. The van der Waals surface area contributed by atoms with Gasteiger partial charge in [-0.1, -0.05) is 12.1 Å². The number of carbonyl (C=O) groups is 5. The molecule has 16 heteroatoms. The zero-order valence-electron chi connectivity index (χ0n) is 31.2. The lowest BCUT2D eigenvalue weighted by molar-refractivity contribution is -0.138. The molecule has 5 rings (SSSR count). The Labute approximate surface area is 325 Å². The zero-order valence-corrected chi connectivity index (χ0v) is 31.2. The molecule has 0 saturated carbocycles. The van der Waals surface area contributed by atoms with E-state index in [-0.39, 0.29) is 70.8 Å². The number of aliphatic carboxylic acids is 4. The van der Waals surface area contributed by atoms with Crippen LogP contribution in [0.1, 0.15) is 30.0 Å². The van der Waals surface area contributed by atoms with Crippen molar-refractivity contribution in [2.45, 2.75) is 33.6 Å². The molecule has 1 aliphatic carbocycles. The number of carboxylic acid groups (broad SMARTS) is 4. The molecule has 0 aromatic heterocycles. The van der Waals surface area contributed by atoms with E-state index in [1.807, 2.05) is 0 Å². The number of benzene rings is 4. The minimum Gasteiger partial charge on any atom is -0.508 e. The Morgan fingerprint density at radius 1 is 0.684 bits per heavy atom. The molecule has 0 spiro atoms. The number of phenols is 1. The van der Waals surface area contributed by atoms with Crippen molar-refractivity contribution in [1.29, 1.82) is 0 Å². The Bertz CT molecular complexity index is 2370. The van der Waals surface area contributed by atoms with Gasteiger partial charge in [0, 0.05) is 35.1 Å². The number of carbonyl (C=O) groups excluding carboxylic acids is 1. The van der Waals surface area contributed by atoms with Gasteiger partial charge >= 0.3 is 23.9 Å². The highest BCUT2D eigenvalue weighted by atomic mass is 16.5. The van der Waals surface area contributed by atoms with Crippen LogP contribution in [0.5, 0.6) is 17.2 Å². The number of nitrogens with zero attached hydrogens (tertiary/aromatic N) is 2. The molecule has 1 aliphatic heterocycles. The molecule has 3 aromatic carbocycles. The van der Waals surface area contributed by atoms with Gasteiger partial charge < -0.3 is 54.0 Å². The topological polar surface area (TPSA) is 242 Å². The van der Waals surface area contributed by atoms with Crippen molar-refractivity contribution >= 4 is 52.0 Å². The van der Waals surface area contributed by atoms with Gasteiger partial charge in [0.05, 0.1) is 11.4 Å². The predicted molar refractivity (Wildman–Crippen MR) is 207 cm³/mol. The van der Waals surface area contributed by atoms with Crippen molar-refractivity contribution < 1.29 is 63.4 Å². The highest BCUT2D eigenvalue weighted by Crippen LogP contribution is 2.44. The summed E-state index contributed by atoms with van der Waals surface area (Å²) in [4.78, 5) is 73.6. The molecule has 0 radical (unpaired) electrons. The fraction of sp³-hybridized carbons (Fsp3) is 0.268. The zero-order chi connectivity index (χ0) is 41.6. The smallest absolute Gasteiger partial charge is 0.323 e. The second-order valence-electron chi connectivity index (χ2n) is 13.4. The van der Waals surface area contributed by atoms with Crippen molar-refractivity contribution in [3.63, 3.8) is 0 Å². The van der Waals surface area contributed by atoms with Crippen molar-refractivity contribution in [2.75, 3.05) is 49.2 Å². The van der Waals surface area contributed by atoms with E-state index in [1.54, 1.807) is 50.2 Å². The van der Waals surface area contributed by atoms with Gasteiger partial charge in [-0.25, -0.2) is 0 Å². The van der Waals surface area contributed by atoms with Crippen LogP contribution < -0.4 is 24.7 Å². The number of Topliss-reactive ketones (excluding diaryl/α,β-unsaturated/α-hetero) is 1. The summed E-state index contributed by atoms with van der Waals surface area (Å²) in [7, 11) is 0. The number of rotatable bonds is 19. The van der Waals surface area contributed by atoms with Crippen LogP contribution in [-0.2, 0) is 30.4 Å². The molecular weight excluding hydrogens is 744 g/mol. The van der Waals surface area contributed by atoms with Crippen LogP contribution >= 0.6 is 0 Å². The van der Waals surface area contributed by atoms with E-state index in [1.165, 1.54) is 31.2 Å². The number of anilines is 2. The highest BCUT2D eigenvalue weighted by Gasteiger charge is 2.24. The Morgan fingerprint density at radius 2 is 1.23 bits per heavy atom. The summed E-state index contributed by atoms with van der Waals surface area (Å²) in [6, 6.07) is 15.6. The highest BCUT2D eigenvalue weighted by molar-refractivity contribution is 6.03. The number of ketones is 1. The van der Waals surface area contributed by atoms with Gasteiger partial charge in [0.25, 0.3) is 0 Å². The minimum atomic E-state index is -1.31. The number of ether oxygens (including phenoxy) is 2. The van der Waals surface area contributed by atoms with Crippen LogP contribution in [0, 0.1) is 13.8 Å². The molecule has 0 fully saturated rings. The van der Waals surface area contributed by atoms with Crippen LogP contribution in [-0.4, -0.2) is 94.6 Å². The Kier molecular flexibility index (Phi) is 12.7. The number of carboxylic acids is 4. The molecule has 0 amide bonds. The molecule has 2 aliphatic rings. The molecule has 0 saturated heterocycles. The largest absolute Gasteiger partial charge is 0.508 e. The molecule has 57 heavy (non-hydrogen) atoms. The van der Waals surface area contributed by atoms with Gasteiger partial charge in [0.2, 0.25) is 0 Å². The van der Waals surface area contributed by atoms with E-state index in [9.17, 15) is 54.3 Å². The van der Waals surface area contributed by atoms with E-state index in [0.717, 1.165) is 9.80 Å². The summed E-state index contributed by atoms with van der Waals surface area (Å²) in [5, 5.41) is 49.4. The first-order chi connectivity index (χ1) is 27.0. The van der Waals surface area contributed by atoms with Crippen LogP contribution in [0.4, 0.5) is 11.4 Å². The second-order valence-corrected chi connectivity index (χ2v) is 13.4. The first kappa shape index (κ1) is 41.1. The Balaban J connectivity index is 1.58. The third kappa shape index (κ3) is 10.2. The molecule has 3 aromatic rings. The van der Waals surface area contributed by atoms with Crippen LogP contribution in [0.15, 0.2) is 69.9 Å². The Morgan fingerprint density at radius 3 is 1.77 bits per heavy atom. The van der Waals surface area contributed by atoms with E-state index in [2.05, 4.69) is 0 Å². The lowest BCUT2D eigenvalue weighted by Gasteiger charge is -2.25. The maximum absolute atomic E-state index is 12.7. The maximum Gasteiger partial charge on any atom is 0.323 e.